The molecule has 18 heavy (non-hydrogen) atoms. The average molecular weight is 267 g/mol. The first-order chi connectivity index (χ1) is 8.47. The number of halogens is 2. The molecule has 0 atom stereocenters. The summed E-state index contributed by atoms with van der Waals surface area (Å²) < 4.78 is 13.6. The highest BCUT2D eigenvalue weighted by molar-refractivity contribution is 6.30. The van der Waals surface area contributed by atoms with Gasteiger partial charge >= 0.3 is 5.97 Å². The third-order valence-corrected chi connectivity index (χ3v) is 2.48. The highest BCUT2D eigenvalue weighted by atomic mass is 35.5. The number of hydrogen-bond acceptors (Lipinski definition) is 3. The summed E-state index contributed by atoms with van der Waals surface area (Å²) in [5.41, 5.74) is 0.336. The van der Waals surface area contributed by atoms with Gasteiger partial charge in [-0.2, -0.15) is 0 Å². The number of nitrogens with zero attached hydrogens (tertiary/aromatic N) is 2. The van der Waals surface area contributed by atoms with E-state index in [9.17, 15) is 9.18 Å². The number of rotatable bonds is 2. The molecule has 0 aliphatic carbocycles. The van der Waals surface area contributed by atoms with Crippen LogP contribution in [0, 0.1) is 12.7 Å². The second-order valence-corrected chi connectivity index (χ2v) is 4.08. The van der Waals surface area contributed by atoms with Gasteiger partial charge < -0.3 is 5.11 Å². The lowest BCUT2D eigenvalue weighted by Gasteiger charge is -2.05. The molecule has 2 aromatic rings. The first kappa shape index (κ1) is 12.4. The Morgan fingerprint density at radius 3 is 2.72 bits per heavy atom. The van der Waals surface area contributed by atoms with Gasteiger partial charge in [0.15, 0.2) is 11.5 Å². The number of carbonyl (C=O) groups is 1. The number of aromatic carboxylic acids is 1. The quantitative estimate of drug-likeness (QED) is 0.908. The van der Waals surface area contributed by atoms with Crippen LogP contribution in [-0.4, -0.2) is 21.0 Å². The third-order valence-electron chi connectivity index (χ3n) is 2.24. The van der Waals surface area contributed by atoms with Gasteiger partial charge in [0.1, 0.15) is 5.82 Å². The molecule has 0 fully saturated rings. The number of hydrogen-bond donors (Lipinski definition) is 1. The number of benzene rings is 1. The number of carboxylic acid groups (broad SMARTS) is 1. The van der Waals surface area contributed by atoms with Gasteiger partial charge in [0.2, 0.25) is 0 Å². The lowest BCUT2D eigenvalue weighted by Crippen LogP contribution is -2.05. The molecule has 0 unspecified atom stereocenters. The van der Waals surface area contributed by atoms with Crippen molar-refractivity contribution in [2.45, 2.75) is 6.92 Å². The van der Waals surface area contributed by atoms with Crippen LogP contribution in [0.5, 0.6) is 0 Å². The Morgan fingerprint density at radius 1 is 1.33 bits per heavy atom. The molecule has 0 saturated heterocycles. The SMILES string of the molecule is Cc1cc(C(=O)O)nc(-c2cc(Cl)ccc2F)n1. The second kappa shape index (κ2) is 4.70. The fourth-order valence-corrected chi connectivity index (χ4v) is 1.64. The van der Waals surface area contributed by atoms with E-state index in [1.54, 1.807) is 6.92 Å². The smallest absolute Gasteiger partial charge is 0.354 e. The summed E-state index contributed by atoms with van der Waals surface area (Å²) in [6.07, 6.45) is 0. The number of aromatic nitrogens is 2. The molecule has 6 heteroatoms. The van der Waals surface area contributed by atoms with Crippen molar-refractivity contribution in [3.8, 4) is 11.4 Å². The van der Waals surface area contributed by atoms with E-state index in [0.717, 1.165) is 0 Å². The summed E-state index contributed by atoms with van der Waals surface area (Å²) in [7, 11) is 0. The first-order valence-electron chi connectivity index (χ1n) is 5.02. The molecule has 2 rings (SSSR count). The molecule has 0 amide bonds. The maximum atomic E-state index is 13.6. The molecule has 0 bridgehead atoms. The topological polar surface area (TPSA) is 63.1 Å². The normalized spacial score (nSPS) is 10.4. The van der Waals surface area contributed by atoms with Gasteiger partial charge in [-0.3, -0.25) is 0 Å². The molecule has 0 aliphatic rings. The summed E-state index contributed by atoms with van der Waals surface area (Å²) >= 11 is 5.77. The molecule has 1 aromatic heterocycles. The molecule has 0 radical (unpaired) electrons. The van der Waals surface area contributed by atoms with E-state index in [2.05, 4.69) is 9.97 Å². The van der Waals surface area contributed by atoms with E-state index in [4.69, 9.17) is 16.7 Å². The molecule has 1 N–H and O–H groups in total. The fourth-order valence-electron chi connectivity index (χ4n) is 1.47. The monoisotopic (exact) mass is 266 g/mol. The van der Waals surface area contributed by atoms with Crippen molar-refractivity contribution < 1.29 is 14.3 Å². The zero-order valence-electron chi connectivity index (χ0n) is 9.32. The van der Waals surface area contributed by atoms with Crippen LogP contribution in [-0.2, 0) is 0 Å². The van der Waals surface area contributed by atoms with Gasteiger partial charge in [0.25, 0.3) is 0 Å². The van der Waals surface area contributed by atoms with E-state index >= 15 is 0 Å². The van der Waals surface area contributed by atoms with Gasteiger partial charge in [0, 0.05) is 10.7 Å². The predicted molar refractivity (Wildman–Crippen MR) is 64.1 cm³/mol. The molecule has 0 spiro atoms. The van der Waals surface area contributed by atoms with E-state index in [1.165, 1.54) is 24.3 Å². The van der Waals surface area contributed by atoms with E-state index in [0.29, 0.717) is 10.7 Å². The molecule has 0 aliphatic heterocycles. The predicted octanol–water partition coefficient (Wildman–Crippen LogP) is 2.94. The van der Waals surface area contributed by atoms with Crippen LogP contribution in [0.2, 0.25) is 5.02 Å². The lowest BCUT2D eigenvalue weighted by atomic mass is 10.2. The van der Waals surface area contributed by atoms with Crippen molar-refractivity contribution >= 4 is 17.6 Å². The Morgan fingerprint density at radius 2 is 2.06 bits per heavy atom. The molecular formula is C12H8ClFN2O2. The highest BCUT2D eigenvalue weighted by Gasteiger charge is 2.13. The average Bonchev–Trinajstić information content (AvgIpc) is 2.31. The van der Waals surface area contributed by atoms with Gasteiger partial charge in [-0.05, 0) is 31.2 Å². The van der Waals surface area contributed by atoms with Crippen molar-refractivity contribution in [3.05, 3.63) is 46.5 Å². The Kier molecular flexibility index (Phi) is 3.25. The fraction of sp³-hybridized carbons (Fsp3) is 0.0833. The van der Waals surface area contributed by atoms with Gasteiger partial charge in [-0.25, -0.2) is 19.2 Å². The van der Waals surface area contributed by atoms with Gasteiger partial charge in [0.05, 0.1) is 5.56 Å². The van der Waals surface area contributed by atoms with Crippen molar-refractivity contribution in [2.75, 3.05) is 0 Å². The molecule has 4 nitrogen and oxygen atoms in total. The summed E-state index contributed by atoms with van der Waals surface area (Å²) in [6.45, 7) is 1.61. The maximum Gasteiger partial charge on any atom is 0.354 e. The molecule has 1 aromatic carbocycles. The lowest BCUT2D eigenvalue weighted by molar-refractivity contribution is 0.0690. The molecular weight excluding hydrogens is 259 g/mol. The van der Waals surface area contributed by atoms with E-state index < -0.39 is 11.8 Å². The third kappa shape index (κ3) is 2.46. The standard InChI is InChI=1S/C12H8ClFN2O2/c1-6-4-10(12(17)18)16-11(15-6)8-5-7(13)2-3-9(8)14/h2-5H,1H3,(H,17,18). The molecule has 92 valence electrons. The minimum Gasteiger partial charge on any atom is -0.477 e. The summed E-state index contributed by atoms with van der Waals surface area (Å²) in [5, 5.41) is 9.22. The molecule has 1 heterocycles. The summed E-state index contributed by atoms with van der Waals surface area (Å²) in [4.78, 5) is 18.7. The summed E-state index contributed by atoms with van der Waals surface area (Å²) in [6, 6.07) is 5.25. The zero-order chi connectivity index (χ0) is 13.3. The minimum atomic E-state index is -1.19. The Labute approximate surface area is 107 Å². The second-order valence-electron chi connectivity index (χ2n) is 3.65. The Bertz CT molecular complexity index is 631. The van der Waals surface area contributed by atoms with Gasteiger partial charge in [-0.15, -0.1) is 0 Å². The van der Waals surface area contributed by atoms with Crippen LogP contribution in [0.1, 0.15) is 16.2 Å². The van der Waals surface area contributed by atoms with Crippen molar-refractivity contribution in [1.82, 2.24) is 9.97 Å². The molecule has 0 saturated carbocycles. The number of aryl methyl sites for hydroxylation is 1. The maximum absolute atomic E-state index is 13.6. The van der Waals surface area contributed by atoms with Crippen molar-refractivity contribution in [3.63, 3.8) is 0 Å². The summed E-state index contributed by atoms with van der Waals surface area (Å²) in [5.74, 6) is -1.74. The number of carboxylic acids is 1. The minimum absolute atomic E-state index is 0.00685. The van der Waals surface area contributed by atoms with Crippen LogP contribution < -0.4 is 0 Å². The van der Waals surface area contributed by atoms with Gasteiger partial charge in [-0.1, -0.05) is 11.6 Å². The Hall–Kier alpha value is -2.01. The Balaban J connectivity index is 2.63. The highest BCUT2D eigenvalue weighted by Crippen LogP contribution is 2.23. The van der Waals surface area contributed by atoms with Crippen LogP contribution in [0.25, 0.3) is 11.4 Å². The first-order valence-corrected chi connectivity index (χ1v) is 5.39. The van der Waals surface area contributed by atoms with Crippen LogP contribution in [0.3, 0.4) is 0 Å². The van der Waals surface area contributed by atoms with E-state index in [1.807, 2.05) is 0 Å². The van der Waals surface area contributed by atoms with Crippen molar-refractivity contribution in [1.29, 1.82) is 0 Å². The van der Waals surface area contributed by atoms with E-state index in [-0.39, 0.29) is 17.1 Å². The van der Waals surface area contributed by atoms with Crippen LogP contribution in [0.4, 0.5) is 4.39 Å². The largest absolute Gasteiger partial charge is 0.477 e. The zero-order valence-corrected chi connectivity index (χ0v) is 10.1. The van der Waals surface area contributed by atoms with Crippen molar-refractivity contribution in [2.24, 2.45) is 0 Å². The van der Waals surface area contributed by atoms with Crippen LogP contribution in [0.15, 0.2) is 24.3 Å². The van der Waals surface area contributed by atoms with Crippen LogP contribution >= 0.6 is 11.6 Å².